The quantitative estimate of drug-likeness (QED) is 0.281. The minimum Gasteiger partial charge on any atom is -0.496 e. The van der Waals surface area contributed by atoms with Crippen molar-refractivity contribution in [3.63, 3.8) is 0 Å². The molecule has 174 valence electrons. The van der Waals surface area contributed by atoms with E-state index in [9.17, 15) is 4.79 Å². The number of nitrogens with one attached hydrogen (secondary N) is 1. The molecule has 1 heterocycles. The van der Waals surface area contributed by atoms with Crippen molar-refractivity contribution < 1.29 is 18.7 Å². The van der Waals surface area contributed by atoms with Gasteiger partial charge in [-0.05, 0) is 67.8 Å². The fourth-order valence-corrected chi connectivity index (χ4v) is 4.01. The first-order chi connectivity index (χ1) is 16.4. The molecule has 6 heteroatoms. The average Bonchev–Trinajstić information content (AvgIpc) is 3.24. The van der Waals surface area contributed by atoms with E-state index in [-0.39, 0.29) is 5.91 Å². The van der Waals surface area contributed by atoms with Gasteiger partial charge in [-0.1, -0.05) is 29.8 Å². The largest absolute Gasteiger partial charge is 0.496 e. The molecule has 0 aliphatic rings. The lowest BCUT2D eigenvalue weighted by Gasteiger charge is -2.11. The Hall–Kier alpha value is -3.70. The van der Waals surface area contributed by atoms with E-state index in [1.165, 1.54) is 0 Å². The van der Waals surface area contributed by atoms with E-state index >= 15 is 0 Å². The highest BCUT2D eigenvalue weighted by atomic mass is 35.5. The summed E-state index contributed by atoms with van der Waals surface area (Å²) in [6.07, 6.45) is 3.29. The van der Waals surface area contributed by atoms with Crippen LogP contribution in [-0.2, 0) is 4.79 Å². The number of furan rings is 1. The van der Waals surface area contributed by atoms with Crippen LogP contribution in [0.5, 0.6) is 11.5 Å². The summed E-state index contributed by atoms with van der Waals surface area (Å²) in [6.45, 7) is 6.32. The van der Waals surface area contributed by atoms with Gasteiger partial charge in [-0.15, -0.1) is 0 Å². The molecule has 1 amide bonds. The van der Waals surface area contributed by atoms with E-state index in [0.29, 0.717) is 28.6 Å². The summed E-state index contributed by atoms with van der Waals surface area (Å²) in [5, 5.41) is 4.44. The van der Waals surface area contributed by atoms with Gasteiger partial charge in [0.15, 0.2) is 0 Å². The number of halogens is 1. The lowest BCUT2D eigenvalue weighted by atomic mass is 9.99. The van der Waals surface area contributed by atoms with Gasteiger partial charge >= 0.3 is 0 Å². The number of fused-ring (bicyclic) bond motifs is 1. The first-order valence-electron chi connectivity index (χ1n) is 11.0. The summed E-state index contributed by atoms with van der Waals surface area (Å²) >= 11 is 6.17. The number of hydrogen-bond acceptors (Lipinski definition) is 4. The Bertz CT molecular complexity index is 1370. The van der Waals surface area contributed by atoms with Crippen LogP contribution in [0.15, 0.2) is 71.4 Å². The Kier molecular flexibility index (Phi) is 6.94. The maximum absolute atomic E-state index is 12.7. The van der Waals surface area contributed by atoms with Crippen LogP contribution in [0.4, 0.5) is 5.69 Å². The van der Waals surface area contributed by atoms with Crippen molar-refractivity contribution in [1.29, 1.82) is 0 Å². The number of amides is 1. The van der Waals surface area contributed by atoms with Crippen LogP contribution < -0.4 is 14.8 Å². The van der Waals surface area contributed by atoms with Gasteiger partial charge < -0.3 is 19.2 Å². The molecule has 5 nitrogen and oxygen atoms in total. The first-order valence-corrected chi connectivity index (χ1v) is 11.4. The average molecular weight is 476 g/mol. The fraction of sp³-hybridized carbons (Fsp3) is 0.179. The molecule has 0 atom stereocenters. The standard InChI is InChI=1S/C28H26ClNO4/c1-5-33-20-11-9-19(10-12-20)23-16-34-27-15-26(32-4)21(14-22(23)27)17(2)13-28(31)30-25-8-6-7-24(29)18(25)3/h6-16H,5H2,1-4H3,(H,30,31)/b17-13+. The molecule has 0 unspecified atom stereocenters. The molecule has 0 bridgehead atoms. The molecule has 0 saturated carbocycles. The maximum atomic E-state index is 12.7. The summed E-state index contributed by atoms with van der Waals surface area (Å²) in [6, 6.07) is 17.1. The van der Waals surface area contributed by atoms with Crippen LogP contribution in [0.3, 0.4) is 0 Å². The molecule has 3 aromatic carbocycles. The lowest BCUT2D eigenvalue weighted by molar-refractivity contribution is -0.111. The van der Waals surface area contributed by atoms with E-state index in [4.69, 9.17) is 25.5 Å². The third-order valence-electron chi connectivity index (χ3n) is 5.67. The number of carbonyl (C=O) groups excluding carboxylic acids is 1. The Morgan fingerprint density at radius 1 is 1.15 bits per heavy atom. The van der Waals surface area contributed by atoms with Crippen LogP contribution >= 0.6 is 11.6 Å². The van der Waals surface area contributed by atoms with Gasteiger partial charge in [0.1, 0.15) is 17.1 Å². The molecule has 0 fully saturated rings. The van der Waals surface area contributed by atoms with Crippen molar-refractivity contribution in [2.45, 2.75) is 20.8 Å². The van der Waals surface area contributed by atoms with Crippen molar-refractivity contribution in [1.82, 2.24) is 0 Å². The smallest absolute Gasteiger partial charge is 0.248 e. The number of hydrogen-bond donors (Lipinski definition) is 1. The van der Waals surface area contributed by atoms with Crippen molar-refractivity contribution in [3.05, 3.63) is 83.1 Å². The Balaban J connectivity index is 1.68. The van der Waals surface area contributed by atoms with E-state index in [1.54, 1.807) is 31.6 Å². The normalized spacial score (nSPS) is 11.5. The molecule has 1 N–H and O–H groups in total. The second kappa shape index (κ2) is 10.1. The monoisotopic (exact) mass is 475 g/mol. The van der Waals surface area contributed by atoms with E-state index in [0.717, 1.165) is 39.0 Å². The zero-order valence-electron chi connectivity index (χ0n) is 19.6. The number of benzene rings is 3. The summed E-state index contributed by atoms with van der Waals surface area (Å²) < 4.78 is 17.0. The SMILES string of the molecule is CCOc1ccc(-c2coc3cc(OC)c(/C(C)=C/C(=O)Nc4cccc(Cl)c4C)cc23)cc1. The van der Waals surface area contributed by atoms with Gasteiger partial charge in [-0.3, -0.25) is 4.79 Å². The topological polar surface area (TPSA) is 60.7 Å². The molecule has 0 aliphatic carbocycles. The van der Waals surface area contributed by atoms with E-state index in [1.807, 2.05) is 63.2 Å². The molecule has 0 saturated heterocycles. The predicted octanol–water partition coefficient (Wildman–Crippen LogP) is 7.51. The van der Waals surface area contributed by atoms with Gasteiger partial charge in [0.25, 0.3) is 0 Å². The summed E-state index contributed by atoms with van der Waals surface area (Å²) in [7, 11) is 1.60. The third-order valence-corrected chi connectivity index (χ3v) is 6.08. The lowest BCUT2D eigenvalue weighted by Crippen LogP contribution is -2.10. The Labute approximate surface area is 203 Å². The minimum atomic E-state index is -0.246. The molecular weight excluding hydrogens is 450 g/mol. The molecule has 0 radical (unpaired) electrons. The van der Waals surface area contributed by atoms with Crippen molar-refractivity contribution in [2.24, 2.45) is 0 Å². The second-order valence-corrected chi connectivity index (χ2v) is 8.29. The number of ether oxygens (including phenoxy) is 2. The van der Waals surface area contributed by atoms with Crippen LogP contribution in [0.2, 0.25) is 5.02 Å². The van der Waals surface area contributed by atoms with Gasteiger partial charge in [0, 0.05) is 39.4 Å². The molecular formula is C28H26ClNO4. The van der Waals surface area contributed by atoms with Gasteiger partial charge in [-0.2, -0.15) is 0 Å². The summed E-state index contributed by atoms with van der Waals surface area (Å²) in [5.74, 6) is 1.20. The maximum Gasteiger partial charge on any atom is 0.248 e. The summed E-state index contributed by atoms with van der Waals surface area (Å²) in [4.78, 5) is 12.7. The summed E-state index contributed by atoms with van der Waals surface area (Å²) in [5.41, 5.74) is 5.73. The highest BCUT2D eigenvalue weighted by Crippen LogP contribution is 2.38. The van der Waals surface area contributed by atoms with Crippen LogP contribution in [0.25, 0.3) is 27.7 Å². The molecule has 1 aromatic heterocycles. The van der Waals surface area contributed by atoms with E-state index < -0.39 is 0 Å². The van der Waals surface area contributed by atoms with E-state index in [2.05, 4.69) is 5.32 Å². The molecule has 0 aliphatic heterocycles. The Morgan fingerprint density at radius 2 is 1.91 bits per heavy atom. The second-order valence-electron chi connectivity index (χ2n) is 7.88. The number of carbonyl (C=O) groups is 1. The molecule has 4 rings (SSSR count). The van der Waals surface area contributed by atoms with Gasteiger partial charge in [-0.25, -0.2) is 0 Å². The molecule has 0 spiro atoms. The first kappa shape index (κ1) is 23.5. The van der Waals surface area contributed by atoms with Gasteiger partial charge in [0.05, 0.1) is 20.0 Å². The van der Waals surface area contributed by atoms with Crippen molar-refractivity contribution >= 4 is 39.7 Å². The Morgan fingerprint density at radius 3 is 2.62 bits per heavy atom. The van der Waals surface area contributed by atoms with Crippen LogP contribution in [0.1, 0.15) is 25.0 Å². The highest BCUT2D eigenvalue weighted by molar-refractivity contribution is 6.31. The third kappa shape index (κ3) is 4.80. The molecule has 34 heavy (non-hydrogen) atoms. The number of rotatable bonds is 7. The van der Waals surface area contributed by atoms with Crippen LogP contribution in [-0.4, -0.2) is 19.6 Å². The van der Waals surface area contributed by atoms with Gasteiger partial charge in [0.2, 0.25) is 5.91 Å². The fourth-order valence-electron chi connectivity index (χ4n) is 3.84. The number of methoxy groups -OCH3 is 1. The van der Waals surface area contributed by atoms with Crippen molar-refractivity contribution in [3.8, 4) is 22.6 Å². The van der Waals surface area contributed by atoms with Crippen molar-refractivity contribution in [2.75, 3.05) is 19.0 Å². The zero-order valence-corrected chi connectivity index (χ0v) is 20.3. The predicted molar refractivity (Wildman–Crippen MR) is 138 cm³/mol. The van der Waals surface area contributed by atoms with Crippen LogP contribution in [0, 0.1) is 6.92 Å². The highest BCUT2D eigenvalue weighted by Gasteiger charge is 2.15. The minimum absolute atomic E-state index is 0.246. The number of allylic oxidation sites excluding steroid dienone is 1. The zero-order chi connectivity index (χ0) is 24.2. The number of anilines is 1. The molecule has 4 aromatic rings.